The molecule has 1 unspecified atom stereocenters. The lowest BCUT2D eigenvalue weighted by molar-refractivity contribution is -0.110. The number of carbonyl (C=O) groups excluding carboxylic acids is 1. The fraction of sp³-hybridized carbons (Fsp3) is 0.462. The number of hydrogen-bond acceptors (Lipinski definition) is 4. The molecule has 0 spiro atoms. The maximum absolute atomic E-state index is 10.7. The first-order valence-electron chi connectivity index (χ1n) is 6.07. The van der Waals surface area contributed by atoms with Gasteiger partial charge in [0.2, 0.25) is 0 Å². The molecule has 2 rings (SSSR count). The van der Waals surface area contributed by atoms with E-state index < -0.39 is 5.50 Å². The highest BCUT2D eigenvalue weighted by Crippen LogP contribution is 2.30. The zero-order valence-electron chi connectivity index (χ0n) is 10.7. The van der Waals surface area contributed by atoms with Gasteiger partial charge < -0.3 is 14.4 Å². The number of aldehydes is 1. The van der Waals surface area contributed by atoms with Crippen LogP contribution < -0.4 is 9.64 Å². The summed E-state index contributed by atoms with van der Waals surface area (Å²) in [5.41, 5.74) is 0.610. The molecule has 19 heavy (non-hydrogen) atoms. The average Bonchev–Trinajstić information content (AvgIpc) is 2.47. The number of benzene rings is 1. The van der Waals surface area contributed by atoms with Crippen molar-refractivity contribution in [1.29, 1.82) is 0 Å². The molecule has 1 fully saturated rings. The van der Waals surface area contributed by atoms with Gasteiger partial charge in [-0.15, -0.1) is 0 Å². The summed E-state index contributed by atoms with van der Waals surface area (Å²) in [6.45, 7) is 3.26. The van der Waals surface area contributed by atoms with Crippen LogP contribution in [0.5, 0.6) is 5.75 Å². The number of anilines is 1. The van der Waals surface area contributed by atoms with E-state index in [2.05, 4.69) is 26.9 Å². The van der Waals surface area contributed by atoms with Gasteiger partial charge in [-0.2, -0.15) is 0 Å². The van der Waals surface area contributed by atoms with Crippen molar-refractivity contribution in [1.82, 2.24) is 4.90 Å². The molecule has 1 heterocycles. The van der Waals surface area contributed by atoms with Crippen molar-refractivity contribution in [2.24, 2.45) is 0 Å². The minimum absolute atomic E-state index is 0.512. The van der Waals surface area contributed by atoms with Crippen LogP contribution in [-0.2, 0) is 4.79 Å². The van der Waals surface area contributed by atoms with Crippen molar-refractivity contribution in [2.45, 2.75) is 5.50 Å². The van der Waals surface area contributed by atoms with Gasteiger partial charge >= 0.3 is 0 Å². The summed E-state index contributed by atoms with van der Waals surface area (Å²) < 4.78 is 6.25. The Labute approximate surface area is 126 Å². The van der Waals surface area contributed by atoms with E-state index in [1.807, 2.05) is 17.0 Å². The van der Waals surface area contributed by atoms with Crippen LogP contribution in [0.3, 0.4) is 0 Å². The van der Waals surface area contributed by atoms with Gasteiger partial charge in [0, 0.05) is 37.9 Å². The lowest BCUT2D eigenvalue weighted by atomic mass is 10.2. The van der Waals surface area contributed by atoms with E-state index in [9.17, 15) is 4.79 Å². The van der Waals surface area contributed by atoms with Crippen LogP contribution in [0, 0.1) is 0 Å². The highest BCUT2D eigenvalue weighted by Gasteiger charge is 2.22. The van der Waals surface area contributed by atoms with Gasteiger partial charge in [0.25, 0.3) is 0 Å². The van der Waals surface area contributed by atoms with Crippen molar-refractivity contribution in [3.05, 3.63) is 22.7 Å². The third-order valence-electron chi connectivity index (χ3n) is 3.28. The van der Waals surface area contributed by atoms with Crippen molar-refractivity contribution in [2.75, 3.05) is 38.2 Å². The number of rotatable bonds is 4. The van der Waals surface area contributed by atoms with Gasteiger partial charge in [-0.1, -0.05) is 11.6 Å². The Morgan fingerprint density at radius 1 is 1.37 bits per heavy atom. The number of alkyl halides is 1. The molecule has 1 aliphatic heterocycles. The SMILES string of the molecule is COc1cc(N2CCN(C(Cl)C=O)CC2)ccc1Br. The van der Waals surface area contributed by atoms with Crippen LogP contribution in [-0.4, -0.2) is 50.0 Å². The van der Waals surface area contributed by atoms with Crippen LogP contribution >= 0.6 is 27.5 Å². The Morgan fingerprint density at radius 2 is 2.05 bits per heavy atom. The highest BCUT2D eigenvalue weighted by atomic mass is 79.9. The summed E-state index contributed by atoms with van der Waals surface area (Å²) in [5.74, 6) is 0.822. The maximum Gasteiger partial charge on any atom is 0.152 e. The molecular weight excluding hydrogens is 332 g/mol. The van der Waals surface area contributed by atoms with Gasteiger partial charge in [0.15, 0.2) is 6.29 Å². The molecular formula is C13H16BrClN2O2. The minimum Gasteiger partial charge on any atom is -0.495 e. The topological polar surface area (TPSA) is 32.8 Å². The molecule has 1 saturated heterocycles. The first-order valence-corrected chi connectivity index (χ1v) is 7.30. The Bertz CT molecular complexity index is 450. The summed E-state index contributed by atoms with van der Waals surface area (Å²) in [6.07, 6.45) is 0.778. The van der Waals surface area contributed by atoms with Crippen molar-refractivity contribution < 1.29 is 9.53 Å². The molecule has 0 aliphatic carbocycles. The molecule has 0 bridgehead atoms. The second kappa shape index (κ2) is 6.59. The maximum atomic E-state index is 10.7. The second-order valence-corrected chi connectivity index (χ2v) is 5.65. The number of hydrogen-bond donors (Lipinski definition) is 0. The van der Waals surface area contributed by atoms with E-state index in [4.69, 9.17) is 16.3 Å². The van der Waals surface area contributed by atoms with Crippen LogP contribution in [0.25, 0.3) is 0 Å². The number of ether oxygens (including phenoxy) is 1. The fourth-order valence-electron chi connectivity index (χ4n) is 2.16. The molecule has 0 aromatic heterocycles. The summed E-state index contributed by atoms with van der Waals surface area (Å²) in [4.78, 5) is 14.9. The quantitative estimate of drug-likeness (QED) is 0.475. The molecule has 4 nitrogen and oxygen atoms in total. The Kier molecular flexibility index (Phi) is 5.07. The van der Waals surface area contributed by atoms with Gasteiger partial charge in [0.05, 0.1) is 11.6 Å². The van der Waals surface area contributed by atoms with Gasteiger partial charge in [-0.25, -0.2) is 0 Å². The molecule has 0 saturated carbocycles. The first kappa shape index (κ1) is 14.6. The van der Waals surface area contributed by atoms with E-state index in [0.29, 0.717) is 0 Å². The molecule has 104 valence electrons. The monoisotopic (exact) mass is 346 g/mol. The Morgan fingerprint density at radius 3 is 2.63 bits per heavy atom. The third kappa shape index (κ3) is 3.41. The Balaban J connectivity index is 2.03. The average molecular weight is 348 g/mol. The van der Waals surface area contributed by atoms with Gasteiger partial charge in [-0.3, -0.25) is 4.90 Å². The third-order valence-corrected chi connectivity index (χ3v) is 4.31. The zero-order valence-corrected chi connectivity index (χ0v) is 13.0. The predicted molar refractivity (Wildman–Crippen MR) is 80.2 cm³/mol. The molecule has 0 radical (unpaired) electrons. The summed E-state index contributed by atoms with van der Waals surface area (Å²) >= 11 is 9.36. The number of methoxy groups -OCH3 is 1. The Hall–Kier alpha value is -0.780. The van der Waals surface area contributed by atoms with Gasteiger partial charge in [-0.05, 0) is 28.1 Å². The van der Waals surface area contributed by atoms with Crippen molar-refractivity contribution in [3.63, 3.8) is 0 Å². The molecule has 0 amide bonds. The summed E-state index contributed by atoms with van der Waals surface area (Å²) in [6, 6.07) is 6.05. The molecule has 1 atom stereocenters. The standard InChI is InChI=1S/C13H16BrClN2O2/c1-19-12-8-10(2-3-11(12)14)16-4-6-17(7-5-16)13(15)9-18/h2-3,8-9,13H,4-7H2,1H3. The normalized spacial score (nSPS) is 18.2. The largest absolute Gasteiger partial charge is 0.495 e. The van der Waals surface area contributed by atoms with Crippen LogP contribution in [0.15, 0.2) is 22.7 Å². The molecule has 6 heteroatoms. The van der Waals surface area contributed by atoms with E-state index in [1.165, 1.54) is 0 Å². The molecule has 1 aromatic rings. The first-order chi connectivity index (χ1) is 9.15. The van der Waals surface area contributed by atoms with E-state index in [1.54, 1.807) is 7.11 Å². The molecule has 1 aliphatic rings. The summed E-state index contributed by atoms with van der Waals surface area (Å²) in [7, 11) is 1.66. The number of carbonyl (C=O) groups is 1. The smallest absolute Gasteiger partial charge is 0.152 e. The van der Waals surface area contributed by atoms with Crippen LogP contribution in [0.4, 0.5) is 5.69 Å². The number of halogens is 2. The van der Waals surface area contributed by atoms with Crippen molar-refractivity contribution in [3.8, 4) is 5.75 Å². The van der Waals surface area contributed by atoms with E-state index in [0.717, 1.165) is 48.4 Å². The molecule has 1 aromatic carbocycles. The second-order valence-electron chi connectivity index (χ2n) is 4.35. The zero-order chi connectivity index (χ0) is 13.8. The van der Waals surface area contributed by atoms with E-state index in [-0.39, 0.29) is 0 Å². The molecule has 0 N–H and O–H groups in total. The highest BCUT2D eigenvalue weighted by molar-refractivity contribution is 9.10. The summed E-state index contributed by atoms with van der Waals surface area (Å²) in [5, 5.41) is 0. The van der Waals surface area contributed by atoms with Crippen molar-refractivity contribution >= 4 is 39.5 Å². The lowest BCUT2D eigenvalue weighted by Crippen LogP contribution is -2.49. The number of nitrogens with zero attached hydrogens (tertiary/aromatic N) is 2. The fourth-order valence-corrected chi connectivity index (χ4v) is 2.76. The van der Waals surface area contributed by atoms with Crippen LogP contribution in [0.1, 0.15) is 0 Å². The van der Waals surface area contributed by atoms with Gasteiger partial charge in [0.1, 0.15) is 11.3 Å². The minimum atomic E-state index is -0.512. The predicted octanol–water partition coefficient (Wildman–Crippen LogP) is 2.34. The van der Waals surface area contributed by atoms with E-state index >= 15 is 0 Å². The number of piperazine rings is 1. The van der Waals surface area contributed by atoms with Crippen LogP contribution in [0.2, 0.25) is 0 Å². The lowest BCUT2D eigenvalue weighted by Gasteiger charge is -2.36.